The van der Waals surface area contributed by atoms with Crippen LogP contribution in [0.1, 0.15) is 44.1 Å². The van der Waals surface area contributed by atoms with Gasteiger partial charge in [-0.2, -0.15) is 0 Å². The fraction of sp³-hybridized carbons (Fsp3) is 0.333. The molecule has 0 bridgehead atoms. The van der Waals surface area contributed by atoms with Gasteiger partial charge in [0.2, 0.25) is 0 Å². The number of hydrogen-bond acceptors (Lipinski definition) is 3. The topological polar surface area (TPSA) is 59.3 Å². The van der Waals surface area contributed by atoms with E-state index in [2.05, 4.69) is 25.5 Å². The molecular formula is C27H29NO3S. The molecule has 166 valence electrons. The quantitative estimate of drug-likeness (QED) is 0.374. The van der Waals surface area contributed by atoms with Crippen LogP contribution in [0.5, 0.6) is 0 Å². The first-order chi connectivity index (χ1) is 15.1. The van der Waals surface area contributed by atoms with Gasteiger partial charge >= 0.3 is 0 Å². The van der Waals surface area contributed by atoms with Gasteiger partial charge in [0, 0.05) is 28.1 Å². The number of nitrogens with one attached hydrogen (secondary N) is 1. The molecule has 1 heterocycles. The number of aryl methyl sites for hydroxylation is 2. The van der Waals surface area contributed by atoms with Crippen molar-refractivity contribution in [2.45, 2.75) is 51.9 Å². The van der Waals surface area contributed by atoms with Crippen LogP contribution >= 0.6 is 0 Å². The molecule has 5 heteroatoms. The minimum atomic E-state index is -3.71. The van der Waals surface area contributed by atoms with Crippen LogP contribution in [-0.2, 0) is 22.9 Å². The van der Waals surface area contributed by atoms with E-state index in [-0.39, 0.29) is 10.3 Å². The van der Waals surface area contributed by atoms with Crippen LogP contribution in [-0.4, -0.2) is 8.42 Å². The Morgan fingerprint density at radius 1 is 0.969 bits per heavy atom. The maximum Gasteiger partial charge on any atom is 0.261 e. The van der Waals surface area contributed by atoms with Crippen LogP contribution in [0.4, 0.5) is 5.69 Å². The average molecular weight is 448 g/mol. The average Bonchev–Trinajstić information content (AvgIpc) is 3.11. The number of hydrogen-bond donors (Lipinski definition) is 1. The number of furan rings is 1. The maximum absolute atomic E-state index is 13.2. The summed E-state index contributed by atoms with van der Waals surface area (Å²) in [6, 6.07) is 16.7. The van der Waals surface area contributed by atoms with Gasteiger partial charge in [0.05, 0.1) is 10.6 Å². The fourth-order valence-electron chi connectivity index (χ4n) is 4.84. The molecule has 4 nitrogen and oxygen atoms in total. The van der Waals surface area contributed by atoms with E-state index in [1.54, 1.807) is 12.1 Å². The van der Waals surface area contributed by atoms with E-state index in [1.807, 2.05) is 49.4 Å². The molecule has 0 fully saturated rings. The Morgan fingerprint density at radius 2 is 1.66 bits per heavy atom. The summed E-state index contributed by atoms with van der Waals surface area (Å²) in [6.45, 7) is 8.82. The zero-order chi connectivity index (χ0) is 22.7. The zero-order valence-electron chi connectivity index (χ0n) is 19.0. The molecule has 4 aromatic rings. The van der Waals surface area contributed by atoms with E-state index in [4.69, 9.17) is 4.42 Å². The fourth-order valence-corrected chi connectivity index (χ4v) is 5.91. The highest BCUT2D eigenvalue weighted by Crippen LogP contribution is 2.44. The molecule has 0 spiro atoms. The van der Waals surface area contributed by atoms with Gasteiger partial charge in [0.15, 0.2) is 0 Å². The third-order valence-electron chi connectivity index (χ3n) is 6.85. The molecule has 32 heavy (non-hydrogen) atoms. The Morgan fingerprint density at radius 3 is 2.34 bits per heavy atom. The molecule has 0 saturated heterocycles. The SMILES string of the molecule is Cc1ccc(S(=O)(=O)Nc2cc3c4c(oc3c3ccccc23)CCC(C(C)(C)C)C4)cc1. The number of rotatable bonds is 3. The summed E-state index contributed by atoms with van der Waals surface area (Å²) in [5, 5.41) is 2.80. The van der Waals surface area contributed by atoms with E-state index in [1.165, 1.54) is 5.56 Å². The highest BCUT2D eigenvalue weighted by molar-refractivity contribution is 7.92. The van der Waals surface area contributed by atoms with Crippen molar-refractivity contribution < 1.29 is 12.8 Å². The van der Waals surface area contributed by atoms with Gasteiger partial charge in [0.25, 0.3) is 10.0 Å². The zero-order valence-corrected chi connectivity index (χ0v) is 19.8. The molecule has 5 rings (SSSR count). The standard InChI is InChI=1S/C27H29NO3S/c1-17-9-12-19(13-10-17)32(29,30)28-24-16-23-22-15-18(27(2,3)4)11-14-25(22)31-26(23)21-8-6-5-7-20(21)24/h5-10,12-13,16,18,28H,11,14-15H2,1-4H3. The summed E-state index contributed by atoms with van der Waals surface area (Å²) in [4.78, 5) is 0.259. The third kappa shape index (κ3) is 3.58. The smallest absolute Gasteiger partial charge is 0.261 e. The molecule has 0 radical (unpaired) electrons. The first-order valence-electron chi connectivity index (χ1n) is 11.2. The summed E-state index contributed by atoms with van der Waals surface area (Å²) >= 11 is 0. The first kappa shape index (κ1) is 21.1. The van der Waals surface area contributed by atoms with E-state index < -0.39 is 10.0 Å². The molecule has 0 amide bonds. The van der Waals surface area contributed by atoms with Crippen molar-refractivity contribution in [3.63, 3.8) is 0 Å². The normalized spacial score (nSPS) is 16.9. The lowest BCUT2D eigenvalue weighted by atomic mass is 9.71. The third-order valence-corrected chi connectivity index (χ3v) is 8.23. The predicted molar refractivity (Wildman–Crippen MR) is 131 cm³/mol. The molecule has 0 saturated carbocycles. The van der Waals surface area contributed by atoms with E-state index in [0.717, 1.165) is 52.3 Å². The predicted octanol–water partition coefficient (Wildman–Crippen LogP) is 6.85. The second-order valence-corrected chi connectivity index (χ2v) is 11.8. The van der Waals surface area contributed by atoms with Crippen LogP contribution in [0.2, 0.25) is 0 Å². The van der Waals surface area contributed by atoms with Crippen LogP contribution in [0.3, 0.4) is 0 Å². The van der Waals surface area contributed by atoms with Gasteiger partial charge in [0.1, 0.15) is 11.3 Å². The van der Waals surface area contributed by atoms with Crippen LogP contribution in [0.15, 0.2) is 63.9 Å². The molecule has 1 unspecified atom stereocenters. The van der Waals surface area contributed by atoms with Gasteiger partial charge in [-0.15, -0.1) is 0 Å². The van der Waals surface area contributed by atoms with Crippen molar-refractivity contribution >= 4 is 37.5 Å². The Kier molecular flexibility index (Phi) is 4.86. The lowest BCUT2D eigenvalue weighted by Crippen LogP contribution is -2.26. The Bertz CT molecular complexity index is 1420. The Hall–Kier alpha value is -2.79. The monoisotopic (exact) mass is 447 g/mol. The summed E-state index contributed by atoms with van der Waals surface area (Å²) < 4.78 is 35.6. The number of anilines is 1. The van der Waals surface area contributed by atoms with E-state index in [9.17, 15) is 8.42 Å². The van der Waals surface area contributed by atoms with E-state index >= 15 is 0 Å². The summed E-state index contributed by atoms with van der Waals surface area (Å²) in [6.07, 6.45) is 2.99. The Balaban J connectivity index is 1.67. The highest BCUT2D eigenvalue weighted by Gasteiger charge is 2.32. The van der Waals surface area contributed by atoms with Crippen molar-refractivity contribution in [2.24, 2.45) is 11.3 Å². The maximum atomic E-state index is 13.2. The second kappa shape index (κ2) is 7.38. The molecule has 0 aliphatic heterocycles. The van der Waals surface area contributed by atoms with Crippen LogP contribution in [0.25, 0.3) is 21.7 Å². The van der Waals surface area contributed by atoms with Crippen molar-refractivity contribution in [3.8, 4) is 0 Å². The van der Waals surface area contributed by atoms with Crippen molar-refractivity contribution in [1.29, 1.82) is 0 Å². The number of sulfonamides is 1. The lowest BCUT2D eigenvalue weighted by Gasteiger charge is -2.33. The lowest BCUT2D eigenvalue weighted by molar-refractivity contribution is 0.210. The molecular weight excluding hydrogens is 418 g/mol. The summed E-state index contributed by atoms with van der Waals surface area (Å²) in [7, 11) is -3.71. The largest absolute Gasteiger partial charge is 0.460 e. The van der Waals surface area contributed by atoms with Crippen LogP contribution in [0, 0.1) is 18.3 Å². The van der Waals surface area contributed by atoms with Crippen molar-refractivity contribution in [3.05, 3.63) is 71.5 Å². The van der Waals surface area contributed by atoms with Gasteiger partial charge in [-0.1, -0.05) is 62.7 Å². The van der Waals surface area contributed by atoms with Gasteiger partial charge in [-0.3, -0.25) is 4.72 Å². The molecule has 1 N–H and O–H groups in total. The number of benzene rings is 3. The molecule has 1 aliphatic carbocycles. The van der Waals surface area contributed by atoms with Gasteiger partial charge < -0.3 is 4.42 Å². The van der Waals surface area contributed by atoms with Crippen LogP contribution < -0.4 is 4.72 Å². The molecule has 1 aliphatic rings. The summed E-state index contributed by atoms with van der Waals surface area (Å²) in [5.41, 5.74) is 3.92. The van der Waals surface area contributed by atoms with Crippen molar-refractivity contribution in [2.75, 3.05) is 4.72 Å². The number of fused-ring (bicyclic) bond motifs is 5. The van der Waals surface area contributed by atoms with Gasteiger partial charge in [-0.25, -0.2) is 8.42 Å². The Labute approximate surface area is 189 Å². The first-order valence-corrected chi connectivity index (χ1v) is 12.7. The van der Waals surface area contributed by atoms with Crippen molar-refractivity contribution in [1.82, 2.24) is 0 Å². The molecule has 1 atom stereocenters. The minimum absolute atomic E-state index is 0.216. The molecule has 3 aromatic carbocycles. The van der Waals surface area contributed by atoms with E-state index in [0.29, 0.717) is 11.6 Å². The second-order valence-electron chi connectivity index (χ2n) is 10.1. The highest BCUT2D eigenvalue weighted by atomic mass is 32.2. The minimum Gasteiger partial charge on any atom is -0.460 e. The molecule has 1 aromatic heterocycles. The summed E-state index contributed by atoms with van der Waals surface area (Å²) in [5.74, 6) is 1.61. The van der Waals surface area contributed by atoms with Gasteiger partial charge in [-0.05, 0) is 49.3 Å².